The molecule has 0 unspecified atom stereocenters. The number of nitrogens with zero attached hydrogens (tertiary/aromatic N) is 3. The van der Waals surface area contributed by atoms with Crippen LogP contribution in [0.4, 0.5) is 8.78 Å². The minimum Gasteiger partial charge on any atom is -0.415 e. The van der Waals surface area contributed by atoms with E-state index in [-0.39, 0.29) is 23.6 Å². The molecule has 0 spiro atoms. The third-order valence-electron chi connectivity index (χ3n) is 2.87. The number of hydrogen-bond acceptors (Lipinski definition) is 5. The van der Waals surface area contributed by atoms with Crippen molar-refractivity contribution in [3.63, 3.8) is 0 Å². The lowest BCUT2D eigenvalue weighted by Gasteiger charge is -2.00. The molecule has 3 rings (SSSR count). The van der Waals surface area contributed by atoms with Gasteiger partial charge in [-0.05, 0) is 17.5 Å². The molecule has 0 aromatic carbocycles. The third-order valence-corrected chi connectivity index (χ3v) is 3.56. The predicted molar refractivity (Wildman–Crippen MR) is 80.1 cm³/mol. The highest BCUT2D eigenvalue weighted by Gasteiger charge is 2.17. The molecule has 0 amide bonds. The molecular formula is C15H9F2N3O2S. The second-order valence-corrected chi connectivity index (χ2v) is 5.22. The fraction of sp³-hybridized carbons (Fsp3) is 0.133. The minimum absolute atomic E-state index is 0.117. The molecule has 0 aliphatic carbocycles. The van der Waals surface area contributed by atoms with Crippen LogP contribution in [0.3, 0.4) is 0 Å². The lowest BCUT2D eigenvalue weighted by atomic mass is 10.2. The highest BCUT2D eigenvalue weighted by molar-refractivity contribution is 7.08. The van der Waals surface area contributed by atoms with Crippen molar-refractivity contribution in [1.82, 2.24) is 14.8 Å². The number of hydrogen-bond donors (Lipinski definition) is 0. The summed E-state index contributed by atoms with van der Waals surface area (Å²) < 4.78 is 31.0. The summed E-state index contributed by atoms with van der Waals surface area (Å²) in [6.07, 6.45) is -1.34. The second kappa shape index (κ2) is 6.54. The Morgan fingerprint density at radius 2 is 2.22 bits per heavy atom. The summed E-state index contributed by atoms with van der Waals surface area (Å²) in [6, 6.07) is 4.67. The fourth-order valence-electron chi connectivity index (χ4n) is 1.77. The Balaban J connectivity index is 1.79. The molecular weight excluding hydrogens is 324 g/mol. The van der Waals surface area contributed by atoms with Crippen LogP contribution in [0, 0.1) is 11.8 Å². The normalized spacial score (nSPS) is 10.6. The van der Waals surface area contributed by atoms with Gasteiger partial charge in [-0.25, -0.2) is 0 Å². The Hall–Kier alpha value is -2.79. The number of alkyl halides is 2. The number of halogens is 2. The van der Waals surface area contributed by atoms with Gasteiger partial charge in [0.1, 0.15) is 0 Å². The van der Waals surface area contributed by atoms with Gasteiger partial charge in [0.25, 0.3) is 11.4 Å². The maximum atomic E-state index is 12.4. The summed E-state index contributed by atoms with van der Waals surface area (Å²) in [5.74, 6) is 4.94. The SMILES string of the molecule is O=c1cc(-c2nnc(C(F)F)o2)ccn1CC#Cc1ccsc1. The van der Waals surface area contributed by atoms with E-state index in [1.807, 2.05) is 16.8 Å². The van der Waals surface area contributed by atoms with Crippen molar-refractivity contribution in [2.24, 2.45) is 0 Å². The largest absolute Gasteiger partial charge is 0.415 e. The van der Waals surface area contributed by atoms with Gasteiger partial charge in [0.2, 0.25) is 5.89 Å². The van der Waals surface area contributed by atoms with Crippen molar-refractivity contribution in [2.75, 3.05) is 0 Å². The molecule has 0 atom stereocenters. The molecule has 0 fully saturated rings. The van der Waals surface area contributed by atoms with Gasteiger partial charge >= 0.3 is 6.43 Å². The zero-order chi connectivity index (χ0) is 16.2. The molecule has 0 aliphatic rings. The summed E-state index contributed by atoms with van der Waals surface area (Å²) in [6.45, 7) is 0.223. The lowest BCUT2D eigenvalue weighted by molar-refractivity contribution is 0.116. The highest BCUT2D eigenvalue weighted by Crippen LogP contribution is 2.21. The van der Waals surface area contributed by atoms with Crippen LogP contribution < -0.4 is 5.56 Å². The number of aromatic nitrogens is 3. The van der Waals surface area contributed by atoms with Crippen LogP contribution in [-0.4, -0.2) is 14.8 Å². The van der Waals surface area contributed by atoms with E-state index in [1.54, 1.807) is 11.3 Å². The van der Waals surface area contributed by atoms with E-state index >= 15 is 0 Å². The van der Waals surface area contributed by atoms with Crippen molar-refractivity contribution in [1.29, 1.82) is 0 Å². The number of thiophene rings is 1. The summed E-state index contributed by atoms with van der Waals surface area (Å²) in [7, 11) is 0. The molecule has 0 saturated heterocycles. The van der Waals surface area contributed by atoms with Gasteiger partial charge in [0.05, 0.1) is 6.54 Å². The molecule has 5 nitrogen and oxygen atoms in total. The van der Waals surface area contributed by atoms with Crippen molar-refractivity contribution in [3.05, 3.63) is 57.0 Å². The molecule has 3 aromatic rings. The van der Waals surface area contributed by atoms with Crippen LogP contribution in [0.2, 0.25) is 0 Å². The van der Waals surface area contributed by atoms with E-state index in [0.29, 0.717) is 0 Å². The summed E-state index contributed by atoms with van der Waals surface area (Å²) in [5, 5.41) is 10.6. The molecule has 3 aromatic heterocycles. The van der Waals surface area contributed by atoms with Crippen molar-refractivity contribution >= 4 is 11.3 Å². The van der Waals surface area contributed by atoms with Crippen molar-refractivity contribution < 1.29 is 13.2 Å². The summed E-state index contributed by atoms with van der Waals surface area (Å²) in [5.41, 5.74) is 0.848. The first-order valence-electron chi connectivity index (χ1n) is 6.47. The molecule has 8 heteroatoms. The monoisotopic (exact) mass is 333 g/mol. The maximum Gasteiger partial charge on any atom is 0.314 e. The van der Waals surface area contributed by atoms with E-state index in [9.17, 15) is 13.6 Å². The Morgan fingerprint density at radius 3 is 2.87 bits per heavy atom. The van der Waals surface area contributed by atoms with E-state index in [1.165, 1.54) is 22.9 Å². The van der Waals surface area contributed by atoms with Crippen LogP contribution in [0.15, 0.2) is 44.4 Å². The molecule has 23 heavy (non-hydrogen) atoms. The molecule has 116 valence electrons. The Bertz CT molecular complexity index is 920. The Kier molecular flexibility index (Phi) is 4.30. The zero-order valence-electron chi connectivity index (χ0n) is 11.6. The zero-order valence-corrected chi connectivity index (χ0v) is 12.4. The average Bonchev–Trinajstić information content (AvgIpc) is 3.19. The molecule has 0 radical (unpaired) electrons. The van der Waals surface area contributed by atoms with Gasteiger partial charge in [0.15, 0.2) is 0 Å². The number of pyridine rings is 1. The molecule has 0 bridgehead atoms. The van der Waals surface area contributed by atoms with Crippen LogP contribution in [-0.2, 0) is 6.54 Å². The topological polar surface area (TPSA) is 60.9 Å². The van der Waals surface area contributed by atoms with Crippen molar-refractivity contribution in [3.8, 4) is 23.3 Å². The minimum atomic E-state index is -2.84. The van der Waals surface area contributed by atoms with Crippen molar-refractivity contribution in [2.45, 2.75) is 13.0 Å². The maximum absolute atomic E-state index is 12.4. The molecule has 0 aliphatic heterocycles. The van der Waals surface area contributed by atoms with Gasteiger partial charge in [-0.1, -0.05) is 11.8 Å². The smallest absolute Gasteiger partial charge is 0.314 e. The molecule has 0 N–H and O–H groups in total. The first-order chi connectivity index (χ1) is 11.1. The Morgan fingerprint density at radius 1 is 1.35 bits per heavy atom. The third kappa shape index (κ3) is 3.52. The number of rotatable bonds is 3. The van der Waals surface area contributed by atoms with E-state index in [0.717, 1.165) is 5.56 Å². The van der Waals surface area contributed by atoms with Crippen LogP contribution in [0.1, 0.15) is 17.9 Å². The van der Waals surface area contributed by atoms with Gasteiger partial charge in [-0.15, -0.1) is 10.2 Å². The lowest BCUT2D eigenvalue weighted by Crippen LogP contribution is -2.17. The van der Waals surface area contributed by atoms with Gasteiger partial charge in [-0.2, -0.15) is 20.1 Å². The summed E-state index contributed by atoms with van der Waals surface area (Å²) >= 11 is 1.54. The van der Waals surface area contributed by atoms with Crippen LogP contribution in [0.25, 0.3) is 11.5 Å². The Labute approximate surface area is 133 Å². The summed E-state index contributed by atoms with van der Waals surface area (Å²) in [4.78, 5) is 12.0. The van der Waals surface area contributed by atoms with Gasteiger partial charge in [0, 0.05) is 28.8 Å². The van der Waals surface area contributed by atoms with E-state index < -0.39 is 12.3 Å². The molecule has 3 heterocycles. The van der Waals surface area contributed by atoms with E-state index in [4.69, 9.17) is 4.42 Å². The first-order valence-corrected chi connectivity index (χ1v) is 7.41. The molecule has 0 saturated carbocycles. The van der Waals surface area contributed by atoms with E-state index in [2.05, 4.69) is 22.0 Å². The average molecular weight is 333 g/mol. The van der Waals surface area contributed by atoms with Crippen LogP contribution in [0.5, 0.6) is 0 Å². The predicted octanol–water partition coefficient (Wildman–Crippen LogP) is 2.95. The van der Waals surface area contributed by atoms with Crippen LogP contribution >= 0.6 is 11.3 Å². The standard InChI is InChI=1S/C15H9F2N3O2S/c16-13(17)15-19-18-14(22-15)11-3-6-20(12(21)8-11)5-1-2-10-4-7-23-9-10/h3-4,6-9,13H,5H2. The van der Waals surface area contributed by atoms with Gasteiger partial charge in [-0.3, -0.25) is 4.79 Å². The second-order valence-electron chi connectivity index (χ2n) is 4.44. The fourth-order valence-corrected chi connectivity index (χ4v) is 2.36. The quantitative estimate of drug-likeness (QED) is 0.692. The van der Waals surface area contributed by atoms with Gasteiger partial charge < -0.3 is 8.98 Å². The highest BCUT2D eigenvalue weighted by atomic mass is 32.1. The first kappa shape index (κ1) is 15.1.